The van der Waals surface area contributed by atoms with Crippen LogP contribution in [0.4, 0.5) is 0 Å². The quantitative estimate of drug-likeness (QED) is 0.762. The molecule has 2 heterocycles. The molecule has 1 atom stereocenters. The third-order valence-corrected chi connectivity index (χ3v) is 7.30. The third kappa shape index (κ3) is 3.53. The van der Waals surface area contributed by atoms with E-state index in [0.717, 1.165) is 23.9 Å². The van der Waals surface area contributed by atoms with Crippen molar-refractivity contribution in [3.05, 3.63) is 0 Å². The number of hydrogen-bond acceptors (Lipinski definition) is 2. The lowest BCUT2D eigenvalue weighted by molar-refractivity contribution is 0.0691. The van der Waals surface area contributed by atoms with E-state index in [1.54, 1.807) is 0 Å². The maximum absolute atomic E-state index is 2.86. The van der Waals surface area contributed by atoms with Crippen LogP contribution in [0.3, 0.4) is 0 Å². The summed E-state index contributed by atoms with van der Waals surface area (Å²) >= 11 is 0. The Morgan fingerprint density at radius 3 is 2.00 bits per heavy atom. The summed E-state index contributed by atoms with van der Waals surface area (Å²) in [6.07, 6.45) is 10.3. The van der Waals surface area contributed by atoms with E-state index in [1.807, 2.05) is 0 Å². The molecule has 1 saturated carbocycles. The molecule has 0 aromatic rings. The number of piperidine rings is 2. The summed E-state index contributed by atoms with van der Waals surface area (Å²) in [7, 11) is 0. The highest BCUT2D eigenvalue weighted by atomic mass is 15.2. The molecule has 0 N–H and O–H groups in total. The van der Waals surface area contributed by atoms with Crippen molar-refractivity contribution in [1.29, 1.82) is 0 Å². The Morgan fingerprint density at radius 1 is 0.818 bits per heavy atom. The molecule has 1 unspecified atom stereocenters. The van der Waals surface area contributed by atoms with E-state index in [9.17, 15) is 0 Å². The van der Waals surface area contributed by atoms with Gasteiger partial charge in [-0.1, -0.05) is 13.8 Å². The van der Waals surface area contributed by atoms with Crippen molar-refractivity contribution in [3.63, 3.8) is 0 Å². The van der Waals surface area contributed by atoms with Crippen LogP contribution >= 0.6 is 0 Å². The molecule has 0 amide bonds. The monoisotopic (exact) mass is 306 g/mol. The molecule has 2 heteroatoms. The van der Waals surface area contributed by atoms with Gasteiger partial charge in [0.25, 0.3) is 0 Å². The second kappa shape index (κ2) is 6.81. The minimum atomic E-state index is 0.713. The molecule has 3 fully saturated rings. The SMILES string of the molecule is CC(C)C1CCN(C2CCC3(CCN(C(C)C)CC3)C2)CC1. The second-order valence-corrected chi connectivity index (χ2v) is 9.14. The summed E-state index contributed by atoms with van der Waals surface area (Å²) in [4.78, 5) is 5.55. The van der Waals surface area contributed by atoms with E-state index >= 15 is 0 Å². The fourth-order valence-corrected chi connectivity index (χ4v) is 5.41. The van der Waals surface area contributed by atoms with Crippen LogP contribution in [0.25, 0.3) is 0 Å². The van der Waals surface area contributed by atoms with Crippen molar-refractivity contribution in [1.82, 2.24) is 9.80 Å². The first-order valence-corrected chi connectivity index (χ1v) is 9.97. The fourth-order valence-electron chi connectivity index (χ4n) is 5.41. The van der Waals surface area contributed by atoms with Crippen molar-refractivity contribution in [3.8, 4) is 0 Å². The third-order valence-electron chi connectivity index (χ3n) is 7.30. The smallest absolute Gasteiger partial charge is 0.0101 e. The molecular formula is C20H38N2. The topological polar surface area (TPSA) is 6.48 Å². The molecule has 3 aliphatic rings. The Hall–Kier alpha value is -0.0800. The van der Waals surface area contributed by atoms with Gasteiger partial charge in [-0.3, -0.25) is 0 Å². The number of likely N-dealkylation sites (tertiary alicyclic amines) is 2. The Kier molecular flexibility index (Phi) is 5.19. The van der Waals surface area contributed by atoms with Crippen LogP contribution in [0.5, 0.6) is 0 Å². The van der Waals surface area contributed by atoms with Crippen LogP contribution in [0.1, 0.15) is 72.6 Å². The van der Waals surface area contributed by atoms with Gasteiger partial charge in [-0.2, -0.15) is 0 Å². The summed E-state index contributed by atoms with van der Waals surface area (Å²) in [5.41, 5.74) is 0.713. The minimum absolute atomic E-state index is 0.713. The number of nitrogens with zero attached hydrogens (tertiary/aromatic N) is 2. The van der Waals surface area contributed by atoms with Crippen LogP contribution in [0.15, 0.2) is 0 Å². The summed E-state index contributed by atoms with van der Waals surface area (Å²) in [5.74, 6) is 1.87. The number of hydrogen-bond donors (Lipinski definition) is 0. The van der Waals surface area contributed by atoms with E-state index in [0.29, 0.717) is 5.41 Å². The fraction of sp³-hybridized carbons (Fsp3) is 1.00. The van der Waals surface area contributed by atoms with Crippen molar-refractivity contribution in [2.75, 3.05) is 26.2 Å². The second-order valence-electron chi connectivity index (χ2n) is 9.14. The first-order chi connectivity index (χ1) is 10.5. The molecule has 0 radical (unpaired) electrons. The van der Waals surface area contributed by atoms with Gasteiger partial charge in [-0.25, -0.2) is 0 Å². The molecular weight excluding hydrogens is 268 g/mol. The standard InChI is InChI=1S/C20H38N2/c1-16(2)18-6-11-22(12-7-18)19-5-8-20(15-19)9-13-21(14-10-20)17(3)4/h16-19H,5-15H2,1-4H3. The molecule has 0 aromatic heterocycles. The van der Waals surface area contributed by atoms with Gasteiger partial charge in [-0.05, 0) is 102 Å². The Labute approximate surface area is 138 Å². The van der Waals surface area contributed by atoms with Crippen molar-refractivity contribution in [2.24, 2.45) is 17.3 Å². The van der Waals surface area contributed by atoms with Crippen molar-refractivity contribution in [2.45, 2.75) is 84.7 Å². The highest BCUT2D eigenvalue weighted by Gasteiger charge is 2.43. The summed E-state index contributed by atoms with van der Waals surface area (Å²) in [6.45, 7) is 15.0. The molecule has 3 rings (SSSR count). The van der Waals surface area contributed by atoms with Gasteiger partial charge in [0.05, 0.1) is 0 Å². The Morgan fingerprint density at radius 2 is 1.45 bits per heavy atom. The zero-order chi connectivity index (χ0) is 15.7. The molecule has 1 aliphatic carbocycles. The largest absolute Gasteiger partial charge is 0.301 e. The Bertz CT molecular complexity index is 347. The molecule has 1 spiro atoms. The molecule has 0 bridgehead atoms. The Balaban J connectivity index is 1.49. The summed E-state index contributed by atoms with van der Waals surface area (Å²) in [6, 6.07) is 1.66. The molecule has 2 saturated heterocycles. The molecule has 128 valence electrons. The van der Waals surface area contributed by atoms with Crippen LogP contribution in [0, 0.1) is 17.3 Å². The van der Waals surface area contributed by atoms with E-state index < -0.39 is 0 Å². The first kappa shape index (κ1) is 16.8. The van der Waals surface area contributed by atoms with Crippen LogP contribution < -0.4 is 0 Å². The minimum Gasteiger partial charge on any atom is -0.301 e. The van der Waals surface area contributed by atoms with E-state index in [1.165, 1.54) is 71.1 Å². The molecule has 22 heavy (non-hydrogen) atoms. The van der Waals surface area contributed by atoms with Gasteiger partial charge in [0, 0.05) is 12.1 Å². The van der Waals surface area contributed by atoms with Gasteiger partial charge < -0.3 is 9.80 Å². The maximum Gasteiger partial charge on any atom is 0.0101 e. The molecule has 2 aliphatic heterocycles. The zero-order valence-corrected chi connectivity index (χ0v) is 15.5. The summed E-state index contributed by atoms with van der Waals surface area (Å²) in [5, 5.41) is 0. The normalized spacial score (nSPS) is 31.6. The lowest BCUT2D eigenvalue weighted by Crippen LogP contribution is -2.44. The van der Waals surface area contributed by atoms with E-state index in [-0.39, 0.29) is 0 Å². The van der Waals surface area contributed by atoms with Gasteiger partial charge >= 0.3 is 0 Å². The van der Waals surface area contributed by atoms with Crippen LogP contribution in [-0.2, 0) is 0 Å². The average Bonchev–Trinajstić information content (AvgIpc) is 2.91. The van der Waals surface area contributed by atoms with Gasteiger partial charge in [0.15, 0.2) is 0 Å². The van der Waals surface area contributed by atoms with Crippen molar-refractivity contribution < 1.29 is 0 Å². The average molecular weight is 307 g/mol. The van der Waals surface area contributed by atoms with E-state index in [4.69, 9.17) is 0 Å². The van der Waals surface area contributed by atoms with Gasteiger partial charge in [0.2, 0.25) is 0 Å². The predicted molar refractivity (Wildman–Crippen MR) is 95.2 cm³/mol. The van der Waals surface area contributed by atoms with Crippen molar-refractivity contribution >= 4 is 0 Å². The maximum atomic E-state index is 2.86. The summed E-state index contributed by atoms with van der Waals surface area (Å²) < 4.78 is 0. The highest BCUT2D eigenvalue weighted by Crippen LogP contribution is 2.48. The van der Waals surface area contributed by atoms with Gasteiger partial charge in [-0.15, -0.1) is 0 Å². The van der Waals surface area contributed by atoms with Crippen LogP contribution in [0.2, 0.25) is 0 Å². The predicted octanol–water partition coefficient (Wildman–Crippen LogP) is 4.40. The zero-order valence-electron chi connectivity index (χ0n) is 15.5. The van der Waals surface area contributed by atoms with Gasteiger partial charge in [0.1, 0.15) is 0 Å². The highest BCUT2D eigenvalue weighted by molar-refractivity contribution is 4.97. The number of rotatable bonds is 3. The molecule has 0 aromatic carbocycles. The first-order valence-electron chi connectivity index (χ1n) is 9.97. The van der Waals surface area contributed by atoms with Crippen LogP contribution in [-0.4, -0.2) is 48.1 Å². The molecule has 2 nitrogen and oxygen atoms in total. The lowest BCUT2D eigenvalue weighted by Gasteiger charge is -2.42. The van der Waals surface area contributed by atoms with E-state index in [2.05, 4.69) is 37.5 Å². The lowest BCUT2D eigenvalue weighted by atomic mass is 9.76.